The zero-order valence-electron chi connectivity index (χ0n) is 20.6. The Morgan fingerprint density at radius 2 is 1.78 bits per heavy atom. The number of halogens is 1. The van der Waals surface area contributed by atoms with Crippen molar-refractivity contribution in [2.24, 2.45) is 0 Å². The van der Waals surface area contributed by atoms with E-state index in [9.17, 15) is 4.39 Å². The summed E-state index contributed by atoms with van der Waals surface area (Å²) in [5, 5.41) is 8.53. The highest BCUT2D eigenvalue weighted by molar-refractivity contribution is 6.00. The standard InChI is InChI=1S/C28H24FN7O/c1-36(2)15-16-6-18(12-30-11-16)23-4-5-24-27(33-23)28(35-34-24)25-10-21-22(13-31-14-26(21)32-25)17-7-19(29)9-20(8-17)37-3/h4-14,32H,15H2,1-3H3,(H,34,35). The van der Waals surface area contributed by atoms with Crippen LogP contribution in [0.2, 0.25) is 0 Å². The number of fused-ring (bicyclic) bond motifs is 2. The van der Waals surface area contributed by atoms with Crippen molar-refractivity contribution in [3.63, 3.8) is 0 Å². The summed E-state index contributed by atoms with van der Waals surface area (Å²) in [6.45, 7) is 0.794. The van der Waals surface area contributed by atoms with Gasteiger partial charge in [-0.25, -0.2) is 9.37 Å². The van der Waals surface area contributed by atoms with Crippen molar-refractivity contribution in [2.45, 2.75) is 6.54 Å². The summed E-state index contributed by atoms with van der Waals surface area (Å²) in [6.07, 6.45) is 7.16. The lowest BCUT2D eigenvalue weighted by atomic mass is 10.0. The Morgan fingerprint density at radius 3 is 2.62 bits per heavy atom. The second-order valence-corrected chi connectivity index (χ2v) is 9.20. The summed E-state index contributed by atoms with van der Waals surface area (Å²) in [4.78, 5) is 19.2. The van der Waals surface area contributed by atoms with E-state index in [-0.39, 0.29) is 5.82 Å². The van der Waals surface area contributed by atoms with Crippen LogP contribution in [0.4, 0.5) is 4.39 Å². The number of methoxy groups -OCH3 is 1. The van der Waals surface area contributed by atoms with Gasteiger partial charge in [-0.3, -0.25) is 15.1 Å². The predicted octanol–water partition coefficient (Wildman–Crippen LogP) is 5.44. The third-order valence-corrected chi connectivity index (χ3v) is 6.22. The molecule has 184 valence electrons. The molecule has 1 aromatic carbocycles. The van der Waals surface area contributed by atoms with Crippen molar-refractivity contribution in [2.75, 3.05) is 21.2 Å². The SMILES string of the molecule is COc1cc(F)cc(-c2cncc3[nH]c(-c4n[nH]c5ccc(-c6cncc(CN(C)C)c6)nc45)cc23)c1. The molecule has 0 saturated carbocycles. The van der Waals surface area contributed by atoms with Gasteiger partial charge in [0.25, 0.3) is 0 Å². The normalized spacial score (nSPS) is 11.6. The molecule has 0 unspecified atom stereocenters. The molecule has 0 amide bonds. The second kappa shape index (κ2) is 9.11. The lowest BCUT2D eigenvalue weighted by Crippen LogP contribution is -2.10. The number of pyridine rings is 3. The van der Waals surface area contributed by atoms with Crippen LogP contribution in [-0.2, 0) is 6.54 Å². The first-order chi connectivity index (χ1) is 18.0. The van der Waals surface area contributed by atoms with Crippen LogP contribution in [0.3, 0.4) is 0 Å². The van der Waals surface area contributed by atoms with Crippen LogP contribution in [-0.4, -0.2) is 56.2 Å². The number of benzene rings is 1. The molecule has 5 heterocycles. The van der Waals surface area contributed by atoms with Gasteiger partial charge in [0.2, 0.25) is 0 Å². The first kappa shape index (κ1) is 22.8. The third kappa shape index (κ3) is 4.30. The van der Waals surface area contributed by atoms with Gasteiger partial charge < -0.3 is 14.6 Å². The zero-order chi connectivity index (χ0) is 25.5. The van der Waals surface area contributed by atoms with E-state index in [1.165, 1.54) is 19.2 Å². The number of aromatic nitrogens is 6. The minimum absolute atomic E-state index is 0.374. The highest BCUT2D eigenvalue weighted by Gasteiger charge is 2.16. The van der Waals surface area contributed by atoms with Gasteiger partial charge in [-0.05, 0) is 61.6 Å². The zero-order valence-corrected chi connectivity index (χ0v) is 20.6. The maximum Gasteiger partial charge on any atom is 0.135 e. The number of aromatic amines is 2. The minimum Gasteiger partial charge on any atom is -0.497 e. The molecule has 37 heavy (non-hydrogen) atoms. The van der Waals surface area contributed by atoms with E-state index in [1.54, 1.807) is 18.5 Å². The fourth-order valence-corrected chi connectivity index (χ4v) is 4.57. The van der Waals surface area contributed by atoms with E-state index in [4.69, 9.17) is 9.72 Å². The largest absolute Gasteiger partial charge is 0.497 e. The molecular formula is C28H24FN7O. The van der Waals surface area contributed by atoms with Crippen molar-refractivity contribution in [1.82, 2.24) is 35.0 Å². The van der Waals surface area contributed by atoms with E-state index in [0.29, 0.717) is 17.0 Å². The average molecular weight is 494 g/mol. The smallest absolute Gasteiger partial charge is 0.135 e. The molecule has 5 aromatic heterocycles. The van der Waals surface area contributed by atoms with E-state index < -0.39 is 0 Å². The molecule has 0 aliphatic rings. The highest BCUT2D eigenvalue weighted by atomic mass is 19.1. The molecule has 6 aromatic rings. The van der Waals surface area contributed by atoms with Gasteiger partial charge in [0.05, 0.1) is 35.7 Å². The van der Waals surface area contributed by atoms with E-state index in [0.717, 1.165) is 56.6 Å². The molecule has 8 nitrogen and oxygen atoms in total. The Bertz CT molecular complexity index is 1760. The molecule has 0 saturated heterocycles. The lowest BCUT2D eigenvalue weighted by Gasteiger charge is -2.10. The summed E-state index contributed by atoms with van der Waals surface area (Å²) in [6, 6.07) is 12.7. The number of hydrogen-bond acceptors (Lipinski definition) is 6. The van der Waals surface area contributed by atoms with Crippen LogP contribution in [0.15, 0.2) is 67.3 Å². The molecule has 0 bridgehead atoms. The Hall–Kier alpha value is -4.63. The van der Waals surface area contributed by atoms with Crippen molar-refractivity contribution < 1.29 is 9.13 Å². The summed E-state index contributed by atoms with van der Waals surface area (Å²) in [5.74, 6) is 0.0724. The molecule has 6 rings (SSSR count). The van der Waals surface area contributed by atoms with E-state index >= 15 is 0 Å². The molecule has 0 fully saturated rings. The van der Waals surface area contributed by atoms with Gasteiger partial charge in [0.15, 0.2) is 0 Å². The van der Waals surface area contributed by atoms with Crippen LogP contribution in [0.25, 0.3) is 55.7 Å². The summed E-state index contributed by atoms with van der Waals surface area (Å²) < 4.78 is 19.5. The second-order valence-electron chi connectivity index (χ2n) is 9.20. The predicted molar refractivity (Wildman–Crippen MR) is 142 cm³/mol. The number of nitrogens with zero attached hydrogens (tertiary/aromatic N) is 5. The number of rotatable bonds is 6. The first-order valence-electron chi connectivity index (χ1n) is 11.7. The van der Waals surface area contributed by atoms with E-state index in [1.807, 2.05) is 44.7 Å². The van der Waals surface area contributed by atoms with E-state index in [2.05, 4.69) is 36.1 Å². The number of nitrogens with one attached hydrogen (secondary N) is 2. The van der Waals surface area contributed by atoms with Gasteiger partial charge in [-0.15, -0.1) is 0 Å². The number of H-pyrrole nitrogens is 2. The van der Waals surface area contributed by atoms with Crippen molar-refractivity contribution >= 4 is 21.9 Å². The Kier molecular flexibility index (Phi) is 5.61. The molecular weight excluding hydrogens is 469 g/mol. The Morgan fingerprint density at radius 1 is 0.919 bits per heavy atom. The molecule has 0 atom stereocenters. The molecule has 0 aliphatic carbocycles. The lowest BCUT2D eigenvalue weighted by molar-refractivity contribution is 0.402. The molecule has 2 N–H and O–H groups in total. The summed E-state index contributed by atoms with van der Waals surface area (Å²) in [7, 11) is 5.58. The quantitative estimate of drug-likeness (QED) is 0.321. The molecule has 0 radical (unpaired) electrons. The van der Waals surface area contributed by atoms with Gasteiger partial charge in [-0.1, -0.05) is 0 Å². The topological polar surface area (TPSA) is 95.6 Å². The summed E-state index contributed by atoms with van der Waals surface area (Å²) >= 11 is 0. The summed E-state index contributed by atoms with van der Waals surface area (Å²) in [5.41, 5.74) is 8.17. The van der Waals surface area contributed by atoms with Crippen LogP contribution in [0.1, 0.15) is 5.56 Å². The Balaban J connectivity index is 1.45. The maximum absolute atomic E-state index is 14.2. The van der Waals surface area contributed by atoms with Crippen LogP contribution in [0.5, 0.6) is 5.75 Å². The fourth-order valence-electron chi connectivity index (χ4n) is 4.57. The van der Waals surface area contributed by atoms with Crippen molar-refractivity contribution in [3.05, 3.63) is 78.6 Å². The first-order valence-corrected chi connectivity index (χ1v) is 11.7. The van der Waals surface area contributed by atoms with Crippen molar-refractivity contribution in [1.29, 1.82) is 0 Å². The number of ether oxygens (including phenoxy) is 1. The highest BCUT2D eigenvalue weighted by Crippen LogP contribution is 2.35. The van der Waals surface area contributed by atoms with Crippen LogP contribution in [0, 0.1) is 5.82 Å². The minimum atomic E-state index is -0.374. The van der Waals surface area contributed by atoms with Crippen molar-refractivity contribution in [3.8, 4) is 39.5 Å². The monoisotopic (exact) mass is 493 g/mol. The molecule has 0 spiro atoms. The van der Waals surface area contributed by atoms with Gasteiger partial charge >= 0.3 is 0 Å². The van der Waals surface area contributed by atoms with Gasteiger partial charge in [-0.2, -0.15) is 5.10 Å². The van der Waals surface area contributed by atoms with Crippen LogP contribution >= 0.6 is 0 Å². The average Bonchev–Trinajstić information content (AvgIpc) is 3.51. The van der Waals surface area contributed by atoms with Gasteiger partial charge in [0, 0.05) is 47.7 Å². The molecule has 9 heteroatoms. The number of hydrogen-bond donors (Lipinski definition) is 2. The van der Waals surface area contributed by atoms with Crippen LogP contribution < -0.4 is 4.74 Å². The Labute approximate surface area is 212 Å². The third-order valence-electron chi connectivity index (χ3n) is 6.22. The van der Waals surface area contributed by atoms with Gasteiger partial charge in [0.1, 0.15) is 22.8 Å². The maximum atomic E-state index is 14.2. The molecule has 0 aliphatic heterocycles. The fraction of sp³-hybridized carbons (Fsp3) is 0.143.